The summed E-state index contributed by atoms with van der Waals surface area (Å²) in [5.41, 5.74) is 1.21. The Bertz CT molecular complexity index is 809. The van der Waals surface area contributed by atoms with E-state index in [4.69, 9.17) is 0 Å². The number of sulfone groups is 1. The number of likely N-dealkylation sites (tertiary alicyclic amines) is 2. The second kappa shape index (κ2) is 5.56. The van der Waals surface area contributed by atoms with Crippen LogP contribution in [-0.2, 0) is 19.4 Å². The van der Waals surface area contributed by atoms with E-state index in [-0.39, 0.29) is 30.7 Å². The minimum atomic E-state index is -3.34. The SMILES string of the molecule is CC(=O)N1CC2(C1)C(C(=O)N1CC(c3ccccc3)C1)CCS2(=O)=O. The number of carbonyl (C=O) groups is 2. The van der Waals surface area contributed by atoms with Crippen LogP contribution >= 0.6 is 0 Å². The number of hydrogen-bond acceptors (Lipinski definition) is 4. The summed E-state index contributed by atoms with van der Waals surface area (Å²) in [5.74, 6) is -0.326. The smallest absolute Gasteiger partial charge is 0.227 e. The molecular formula is C18H22N2O4S. The zero-order valence-electron chi connectivity index (χ0n) is 14.2. The first-order valence-corrected chi connectivity index (χ1v) is 10.3. The van der Waals surface area contributed by atoms with Crippen LogP contribution < -0.4 is 0 Å². The highest BCUT2D eigenvalue weighted by molar-refractivity contribution is 7.93. The molecule has 3 aliphatic heterocycles. The number of hydrogen-bond donors (Lipinski definition) is 0. The van der Waals surface area contributed by atoms with Crippen LogP contribution in [0.5, 0.6) is 0 Å². The number of amides is 2. The third-order valence-electron chi connectivity index (χ3n) is 6.05. The molecule has 3 fully saturated rings. The Morgan fingerprint density at radius 2 is 1.72 bits per heavy atom. The first-order chi connectivity index (χ1) is 11.8. The number of carbonyl (C=O) groups excluding carboxylic acids is 2. The Hall–Kier alpha value is -1.89. The second-order valence-corrected chi connectivity index (χ2v) is 9.90. The molecular weight excluding hydrogens is 340 g/mol. The lowest BCUT2D eigenvalue weighted by atomic mass is 9.80. The van der Waals surface area contributed by atoms with Gasteiger partial charge in [-0.15, -0.1) is 0 Å². The average Bonchev–Trinajstić information content (AvgIpc) is 2.76. The van der Waals surface area contributed by atoms with Gasteiger partial charge in [-0.25, -0.2) is 8.42 Å². The maximum absolute atomic E-state index is 12.9. The van der Waals surface area contributed by atoms with Crippen LogP contribution in [0, 0.1) is 5.92 Å². The summed E-state index contributed by atoms with van der Waals surface area (Å²) in [4.78, 5) is 27.7. The fourth-order valence-electron chi connectivity index (χ4n) is 4.36. The van der Waals surface area contributed by atoms with Crippen molar-refractivity contribution >= 4 is 21.7 Å². The van der Waals surface area contributed by atoms with Crippen LogP contribution in [0.1, 0.15) is 24.8 Å². The van der Waals surface area contributed by atoms with Gasteiger partial charge in [0.2, 0.25) is 11.8 Å². The normalized spacial score (nSPS) is 27.0. The van der Waals surface area contributed by atoms with Crippen molar-refractivity contribution in [2.45, 2.75) is 24.0 Å². The van der Waals surface area contributed by atoms with Crippen LogP contribution in [0.2, 0.25) is 0 Å². The van der Waals surface area contributed by atoms with Gasteiger partial charge in [-0.1, -0.05) is 30.3 Å². The second-order valence-electron chi connectivity index (χ2n) is 7.45. The molecule has 1 atom stereocenters. The zero-order valence-corrected chi connectivity index (χ0v) is 15.0. The maximum atomic E-state index is 12.9. The van der Waals surface area contributed by atoms with Crippen molar-refractivity contribution in [3.63, 3.8) is 0 Å². The third-order valence-corrected chi connectivity index (χ3v) is 8.61. The molecule has 25 heavy (non-hydrogen) atoms. The van der Waals surface area contributed by atoms with E-state index in [1.807, 2.05) is 18.2 Å². The molecule has 4 rings (SSSR count). The van der Waals surface area contributed by atoms with Gasteiger partial charge in [-0.3, -0.25) is 9.59 Å². The highest BCUT2D eigenvalue weighted by Crippen LogP contribution is 2.46. The summed E-state index contributed by atoms with van der Waals surface area (Å²) in [6, 6.07) is 10.1. The van der Waals surface area contributed by atoms with Gasteiger partial charge < -0.3 is 9.80 Å². The fourth-order valence-corrected chi connectivity index (χ4v) is 6.67. The molecule has 3 heterocycles. The van der Waals surface area contributed by atoms with Crippen LogP contribution in [-0.4, -0.2) is 66.7 Å². The van der Waals surface area contributed by atoms with E-state index in [2.05, 4.69) is 12.1 Å². The number of nitrogens with zero attached hydrogens (tertiary/aromatic N) is 2. The first kappa shape index (κ1) is 16.6. The lowest BCUT2D eigenvalue weighted by Gasteiger charge is -2.51. The van der Waals surface area contributed by atoms with E-state index < -0.39 is 20.5 Å². The largest absolute Gasteiger partial charge is 0.341 e. The summed E-state index contributed by atoms with van der Waals surface area (Å²) < 4.78 is 24.1. The Kier molecular flexibility index (Phi) is 3.68. The number of rotatable bonds is 2. The summed E-state index contributed by atoms with van der Waals surface area (Å²) in [5, 5.41) is 0. The summed E-state index contributed by atoms with van der Waals surface area (Å²) in [6.45, 7) is 3.05. The molecule has 7 heteroatoms. The van der Waals surface area contributed by atoms with Gasteiger partial charge in [-0.2, -0.15) is 0 Å². The van der Waals surface area contributed by atoms with Gasteiger partial charge in [-0.05, 0) is 12.0 Å². The van der Waals surface area contributed by atoms with E-state index >= 15 is 0 Å². The Morgan fingerprint density at radius 3 is 2.32 bits per heavy atom. The first-order valence-electron chi connectivity index (χ1n) is 8.66. The molecule has 1 unspecified atom stereocenters. The van der Waals surface area contributed by atoms with E-state index in [0.717, 1.165) is 0 Å². The van der Waals surface area contributed by atoms with Gasteiger partial charge in [0.15, 0.2) is 9.84 Å². The molecule has 0 aliphatic carbocycles. The van der Waals surface area contributed by atoms with Crippen LogP contribution in [0.15, 0.2) is 30.3 Å². The monoisotopic (exact) mass is 362 g/mol. The van der Waals surface area contributed by atoms with Crippen LogP contribution in [0.25, 0.3) is 0 Å². The zero-order chi connectivity index (χ0) is 17.8. The molecule has 1 aromatic rings. The van der Waals surface area contributed by atoms with Crippen molar-refractivity contribution in [1.29, 1.82) is 0 Å². The van der Waals surface area contributed by atoms with Gasteiger partial charge >= 0.3 is 0 Å². The molecule has 2 amide bonds. The molecule has 0 bridgehead atoms. The third kappa shape index (κ3) is 2.39. The van der Waals surface area contributed by atoms with Crippen molar-refractivity contribution in [2.24, 2.45) is 5.92 Å². The predicted octanol–water partition coefficient (Wildman–Crippen LogP) is 0.648. The van der Waals surface area contributed by atoms with Crippen molar-refractivity contribution in [3.8, 4) is 0 Å². The summed E-state index contributed by atoms with van der Waals surface area (Å²) in [6.07, 6.45) is 0.374. The average molecular weight is 362 g/mol. The Balaban J connectivity index is 1.47. The van der Waals surface area contributed by atoms with Gasteiger partial charge in [0.05, 0.1) is 11.7 Å². The lowest BCUT2D eigenvalue weighted by molar-refractivity contribution is -0.146. The van der Waals surface area contributed by atoms with Crippen molar-refractivity contribution in [3.05, 3.63) is 35.9 Å². The molecule has 6 nitrogen and oxygen atoms in total. The van der Waals surface area contributed by atoms with Gasteiger partial charge in [0.1, 0.15) is 4.75 Å². The van der Waals surface area contributed by atoms with Crippen LogP contribution in [0.4, 0.5) is 0 Å². The van der Waals surface area contributed by atoms with Crippen LogP contribution in [0.3, 0.4) is 0 Å². The highest BCUT2D eigenvalue weighted by atomic mass is 32.2. The molecule has 0 aromatic heterocycles. The molecule has 0 radical (unpaired) electrons. The van der Waals surface area contributed by atoms with E-state index in [0.29, 0.717) is 25.4 Å². The molecule has 0 N–H and O–H groups in total. The van der Waals surface area contributed by atoms with Gasteiger partial charge in [0.25, 0.3) is 0 Å². The molecule has 1 spiro atoms. The standard InChI is InChI=1S/C18H22N2O4S/c1-13(21)20-11-18(12-20)16(7-8-25(18,23)24)17(22)19-9-15(10-19)14-5-3-2-4-6-14/h2-6,15-16H,7-12H2,1H3. The van der Waals surface area contributed by atoms with Crippen molar-refractivity contribution in [2.75, 3.05) is 31.9 Å². The topological polar surface area (TPSA) is 74.8 Å². The highest BCUT2D eigenvalue weighted by Gasteiger charge is 2.65. The summed E-state index contributed by atoms with van der Waals surface area (Å²) >= 11 is 0. The minimum absolute atomic E-state index is 0.0467. The number of benzene rings is 1. The molecule has 1 aromatic carbocycles. The van der Waals surface area contributed by atoms with E-state index in [9.17, 15) is 18.0 Å². The molecule has 0 saturated carbocycles. The maximum Gasteiger partial charge on any atom is 0.227 e. The van der Waals surface area contributed by atoms with Crippen molar-refractivity contribution < 1.29 is 18.0 Å². The van der Waals surface area contributed by atoms with Crippen molar-refractivity contribution in [1.82, 2.24) is 9.80 Å². The predicted molar refractivity (Wildman–Crippen MR) is 92.6 cm³/mol. The quantitative estimate of drug-likeness (QED) is 0.774. The molecule has 134 valence electrons. The Morgan fingerprint density at radius 1 is 1.08 bits per heavy atom. The minimum Gasteiger partial charge on any atom is -0.341 e. The van der Waals surface area contributed by atoms with Gasteiger partial charge in [0, 0.05) is 39.0 Å². The van der Waals surface area contributed by atoms with E-state index in [1.165, 1.54) is 17.4 Å². The summed E-state index contributed by atoms with van der Waals surface area (Å²) in [7, 11) is -3.34. The Labute approximate surface area is 147 Å². The molecule has 3 saturated heterocycles. The fraction of sp³-hybridized carbons (Fsp3) is 0.556. The lowest BCUT2D eigenvalue weighted by Crippen LogP contribution is -2.70. The van der Waals surface area contributed by atoms with E-state index in [1.54, 1.807) is 4.90 Å². The molecule has 3 aliphatic rings.